The number of hydrogen-bond acceptors (Lipinski definition) is 4. The molecule has 0 amide bonds. The average molecular weight is 290 g/mol. The van der Waals surface area contributed by atoms with Crippen LogP contribution < -0.4 is 0 Å². The summed E-state index contributed by atoms with van der Waals surface area (Å²) in [6.45, 7) is 6.12. The van der Waals surface area contributed by atoms with Gasteiger partial charge in [-0.05, 0) is 38.0 Å². The molecule has 0 aliphatic rings. The normalized spacial score (nSPS) is 11.2. The highest BCUT2D eigenvalue weighted by Crippen LogP contribution is 2.34. The zero-order valence-corrected chi connectivity index (χ0v) is 12.4. The molecule has 19 heavy (non-hydrogen) atoms. The van der Waals surface area contributed by atoms with Gasteiger partial charge in [0.1, 0.15) is 15.7 Å². The van der Waals surface area contributed by atoms with Crippen LogP contribution in [0.25, 0.3) is 21.7 Å². The lowest BCUT2D eigenvalue weighted by molar-refractivity contribution is 1.16. The molecule has 96 valence electrons. The highest BCUT2D eigenvalue weighted by atomic mass is 35.5. The summed E-state index contributed by atoms with van der Waals surface area (Å²) < 4.78 is 0. The summed E-state index contributed by atoms with van der Waals surface area (Å²) in [4.78, 5) is 15.5. The first-order chi connectivity index (χ1) is 9.08. The molecule has 3 nitrogen and oxygen atoms in total. The quantitative estimate of drug-likeness (QED) is 0.626. The first-order valence-electron chi connectivity index (χ1n) is 5.93. The third-order valence-electron chi connectivity index (χ3n) is 3.21. The standard InChI is InChI=1S/C14H12ClN3S/c1-7-5-4-6-16-11(7)13-17-12(15)10-8(2)9(3)19-14(10)18-13/h4-6H,1-3H3. The Labute approximate surface area is 120 Å². The molecule has 0 bridgehead atoms. The van der Waals surface area contributed by atoms with Crippen molar-refractivity contribution in [2.75, 3.05) is 0 Å². The maximum atomic E-state index is 6.31. The van der Waals surface area contributed by atoms with E-state index in [1.165, 1.54) is 4.88 Å². The Morgan fingerprint density at radius 2 is 1.95 bits per heavy atom. The largest absolute Gasteiger partial charge is 0.253 e. The van der Waals surface area contributed by atoms with Gasteiger partial charge in [-0.15, -0.1) is 11.3 Å². The van der Waals surface area contributed by atoms with Gasteiger partial charge in [0.05, 0.1) is 5.39 Å². The van der Waals surface area contributed by atoms with Gasteiger partial charge in [0.15, 0.2) is 5.82 Å². The second-order valence-corrected chi connectivity index (χ2v) is 6.03. The molecule has 0 spiro atoms. The molecular formula is C14H12ClN3S. The molecule has 3 heterocycles. The lowest BCUT2D eigenvalue weighted by Crippen LogP contribution is -1.95. The van der Waals surface area contributed by atoms with E-state index in [4.69, 9.17) is 11.6 Å². The van der Waals surface area contributed by atoms with Crippen LogP contribution in [0.15, 0.2) is 18.3 Å². The number of hydrogen-bond donors (Lipinski definition) is 0. The van der Waals surface area contributed by atoms with Crippen LogP contribution in [0.3, 0.4) is 0 Å². The summed E-state index contributed by atoms with van der Waals surface area (Å²) in [6.07, 6.45) is 1.74. The molecule has 0 saturated heterocycles. The molecule has 0 radical (unpaired) electrons. The van der Waals surface area contributed by atoms with Crippen molar-refractivity contribution < 1.29 is 0 Å². The van der Waals surface area contributed by atoms with Crippen LogP contribution >= 0.6 is 22.9 Å². The van der Waals surface area contributed by atoms with Crippen LogP contribution in [0.5, 0.6) is 0 Å². The number of rotatable bonds is 1. The van der Waals surface area contributed by atoms with Crippen molar-refractivity contribution in [2.24, 2.45) is 0 Å². The van der Waals surface area contributed by atoms with E-state index in [-0.39, 0.29) is 0 Å². The Hall–Kier alpha value is -1.52. The Balaban J connectivity index is 2.30. The molecule has 5 heteroatoms. The van der Waals surface area contributed by atoms with Crippen molar-refractivity contribution >= 4 is 33.2 Å². The van der Waals surface area contributed by atoms with E-state index in [2.05, 4.69) is 28.8 Å². The molecule has 0 atom stereocenters. The zero-order valence-electron chi connectivity index (χ0n) is 10.9. The topological polar surface area (TPSA) is 38.7 Å². The van der Waals surface area contributed by atoms with Crippen LogP contribution in [0.2, 0.25) is 5.15 Å². The third kappa shape index (κ3) is 2.01. The van der Waals surface area contributed by atoms with Gasteiger partial charge in [0.25, 0.3) is 0 Å². The molecule has 0 aliphatic carbocycles. The first-order valence-corrected chi connectivity index (χ1v) is 7.12. The van der Waals surface area contributed by atoms with Gasteiger partial charge in [-0.2, -0.15) is 0 Å². The molecule has 0 saturated carbocycles. The minimum atomic E-state index is 0.506. The number of aryl methyl sites for hydroxylation is 3. The summed E-state index contributed by atoms with van der Waals surface area (Å²) in [5.74, 6) is 0.594. The summed E-state index contributed by atoms with van der Waals surface area (Å²) in [6, 6.07) is 3.90. The SMILES string of the molecule is Cc1cccnc1-c1nc(Cl)c2c(C)c(C)sc2n1. The van der Waals surface area contributed by atoms with Crippen molar-refractivity contribution in [1.82, 2.24) is 15.0 Å². The Bertz CT molecular complexity index is 780. The molecule has 0 N–H and O–H groups in total. The molecule has 3 aromatic rings. The predicted octanol–water partition coefficient (Wildman–Crippen LogP) is 4.33. The third-order valence-corrected chi connectivity index (χ3v) is 4.58. The van der Waals surface area contributed by atoms with Crippen LogP contribution in [-0.4, -0.2) is 15.0 Å². The molecule has 0 fully saturated rings. The second kappa shape index (κ2) is 4.54. The Kier molecular flexibility index (Phi) is 2.99. The van der Waals surface area contributed by atoms with Gasteiger partial charge < -0.3 is 0 Å². The predicted molar refractivity (Wildman–Crippen MR) is 79.9 cm³/mol. The lowest BCUT2D eigenvalue weighted by Gasteiger charge is -2.04. The average Bonchev–Trinajstić information content (AvgIpc) is 2.66. The van der Waals surface area contributed by atoms with E-state index in [9.17, 15) is 0 Å². The first kappa shape index (κ1) is 12.5. The van der Waals surface area contributed by atoms with Crippen LogP contribution in [0.1, 0.15) is 16.0 Å². The summed E-state index contributed by atoms with van der Waals surface area (Å²) in [7, 11) is 0. The molecular weight excluding hydrogens is 278 g/mol. The second-order valence-electron chi connectivity index (χ2n) is 4.47. The van der Waals surface area contributed by atoms with Gasteiger partial charge in [-0.1, -0.05) is 17.7 Å². The van der Waals surface area contributed by atoms with Gasteiger partial charge in [-0.25, -0.2) is 9.97 Å². The number of nitrogens with zero attached hydrogens (tertiary/aromatic N) is 3. The fourth-order valence-corrected chi connectivity index (χ4v) is 3.42. The van der Waals surface area contributed by atoms with Crippen molar-refractivity contribution in [3.05, 3.63) is 39.5 Å². The minimum absolute atomic E-state index is 0.506. The number of pyridine rings is 1. The highest BCUT2D eigenvalue weighted by molar-refractivity contribution is 7.18. The number of thiophene rings is 1. The van der Waals surface area contributed by atoms with E-state index in [1.807, 2.05) is 19.1 Å². The number of halogens is 1. The van der Waals surface area contributed by atoms with E-state index >= 15 is 0 Å². The number of aromatic nitrogens is 3. The van der Waals surface area contributed by atoms with Crippen LogP contribution in [0.4, 0.5) is 0 Å². The van der Waals surface area contributed by atoms with E-state index in [1.54, 1.807) is 17.5 Å². The fourth-order valence-electron chi connectivity index (χ4n) is 2.03. The van der Waals surface area contributed by atoms with Crippen molar-refractivity contribution in [2.45, 2.75) is 20.8 Å². The monoisotopic (exact) mass is 289 g/mol. The van der Waals surface area contributed by atoms with Crippen molar-refractivity contribution in [1.29, 1.82) is 0 Å². The smallest absolute Gasteiger partial charge is 0.181 e. The van der Waals surface area contributed by atoms with E-state index in [0.29, 0.717) is 11.0 Å². The Morgan fingerprint density at radius 1 is 1.16 bits per heavy atom. The van der Waals surface area contributed by atoms with Crippen molar-refractivity contribution in [3.8, 4) is 11.5 Å². The minimum Gasteiger partial charge on any atom is -0.253 e. The molecule has 0 aromatic carbocycles. The maximum absolute atomic E-state index is 6.31. The van der Waals surface area contributed by atoms with Crippen LogP contribution in [-0.2, 0) is 0 Å². The fraction of sp³-hybridized carbons (Fsp3) is 0.214. The van der Waals surface area contributed by atoms with E-state index in [0.717, 1.165) is 27.0 Å². The van der Waals surface area contributed by atoms with Crippen molar-refractivity contribution in [3.63, 3.8) is 0 Å². The lowest BCUT2D eigenvalue weighted by atomic mass is 10.2. The highest BCUT2D eigenvalue weighted by Gasteiger charge is 2.15. The van der Waals surface area contributed by atoms with Gasteiger partial charge in [0, 0.05) is 11.1 Å². The van der Waals surface area contributed by atoms with Gasteiger partial charge in [-0.3, -0.25) is 4.98 Å². The Morgan fingerprint density at radius 3 is 2.68 bits per heavy atom. The summed E-state index contributed by atoms with van der Waals surface area (Å²) in [5.41, 5.74) is 2.99. The number of fused-ring (bicyclic) bond motifs is 1. The summed E-state index contributed by atoms with van der Waals surface area (Å²) >= 11 is 7.96. The molecule has 0 unspecified atom stereocenters. The molecule has 3 aromatic heterocycles. The zero-order chi connectivity index (χ0) is 13.6. The van der Waals surface area contributed by atoms with Gasteiger partial charge in [0.2, 0.25) is 0 Å². The van der Waals surface area contributed by atoms with Gasteiger partial charge >= 0.3 is 0 Å². The maximum Gasteiger partial charge on any atom is 0.181 e. The molecule has 3 rings (SSSR count). The van der Waals surface area contributed by atoms with E-state index < -0.39 is 0 Å². The summed E-state index contributed by atoms with van der Waals surface area (Å²) in [5, 5.41) is 1.47. The van der Waals surface area contributed by atoms with Crippen LogP contribution in [0, 0.1) is 20.8 Å². The molecule has 0 aliphatic heterocycles.